The van der Waals surface area contributed by atoms with Gasteiger partial charge in [0, 0.05) is 24.2 Å². The molecule has 7 heteroatoms. The highest BCUT2D eigenvalue weighted by atomic mass is 19.1. The minimum atomic E-state index is -0.679. The number of nitrogens with one attached hydrogen (secondary N) is 1. The molecule has 0 aliphatic carbocycles. The van der Waals surface area contributed by atoms with E-state index in [9.17, 15) is 18.4 Å². The second kappa shape index (κ2) is 9.40. The van der Waals surface area contributed by atoms with E-state index in [-0.39, 0.29) is 24.0 Å². The monoisotopic (exact) mass is 449 g/mol. The average Bonchev–Trinajstić information content (AvgIpc) is 2.78. The second-order valence-electron chi connectivity index (χ2n) is 8.20. The molecule has 1 aliphatic rings. The van der Waals surface area contributed by atoms with E-state index in [1.165, 1.54) is 23.1 Å². The Hall–Kier alpha value is -3.74. The summed E-state index contributed by atoms with van der Waals surface area (Å²) in [6.07, 6.45) is 0.626. The molecule has 3 amide bonds. The first kappa shape index (κ1) is 22.5. The number of halogens is 2. The van der Waals surface area contributed by atoms with Crippen molar-refractivity contribution in [1.82, 2.24) is 4.90 Å². The zero-order chi connectivity index (χ0) is 23.5. The van der Waals surface area contributed by atoms with Crippen LogP contribution in [0.5, 0.6) is 0 Å². The van der Waals surface area contributed by atoms with E-state index in [2.05, 4.69) is 5.32 Å². The van der Waals surface area contributed by atoms with Crippen LogP contribution in [0.2, 0.25) is 0 Å². The van der Waals surface area contributed by atoms with Crippen LogP contribution in [0.15, 0.2) is 60.7 Å². The number of hydrogen-bond donors (Lipinski definition) is 1. The Bertz CT molecular complexity index is 1190. The van der Waals surface area contributed by atoms with Crippen LogP contribution in [0, 0.1) is 25.5 Å². The van der Waals surface area contributed by atoms with Crippen LogP contribution < -0.4 is 10.2 Å². The fourth-order valence-electron chi connectivity index (χ4n) is 4.03. The highest BCUT2D eigenvalue weighted by Crippen LogP contribution is 2.31. The number of nitrogens with zero attached hydrogens (tertiary/aromatic N) is 2. The lowest BCUT2D eigenvalue weighted by Crippen LogP contribution is -2.49. The molecule has 3 aromatic rings. The zero-order valence-electron chi connectivity index (χ0n) is 18.6. The van der Waals surface area contributed by atoms with Crippen molar-refractivity contribution < 1.29 is 18.4 Å². The maximum atomic E-state index is 14.2. The summed E-state index contributed by atoms with van der Waals surface area (Å²) in [7, 11) is 0. The van der Waals surface area contributed by atoms with E-state index in [4.69, 9.17) is 0 Å². The van der Waals surface area contributed by atoms with Gasteiger partial charge in [0.15, 0.2) is 0 Å². The van der Waals surface area contributed by atoms with Crippen LogP contribution in [0.25, 0.3) is 0 Å². The largest absolute Gasteiger partial charge is 0.324 e. The van der Waals surface area contributed by atoms with Gasteiger partial charge in [-0.3, -0.25) is 9.69 Å². The van der Waals surface area contributed by atoms with Gasteiger partial charge in [0.2, 0.25) is 0 Å². The molecular formula is C26H25F2N3O2. The molecule has 5 nitrogen and oxygen atoms in total. The van der Waals surface area contributed by atoms with Crippen LogP contribution in [0.4, 0.5) is 25.0 Å². The van der Waals surface area contributed by atoms with Crippen LogP contribution >= 0.6 is 0 Å². The Morgan fingerprint density at radius 1 is 0.970 bits per heavy atom. The molecule has 1 aliphatic heterocycles. The summed E-state index contributed by atoms with van der Waals surface area (Å²) in [6.45, 7) is 4.42. The van der Waals surface area contributed by atoms with Gasteiger partial charge in [-0.25, -0.2) is 13.6 Å². The summed E-state index contributed by atoms with van der Waals surface area (Å²) in [5.41, 5.74) is 3.24. The maximum absolute atomic E-state index is 14.2. The molecular weight excluding hydrogens is 424 g/mol. The Labute approximate surface area is 191 Å². The average molecular weight is 450 g/mol. The number of rotatable bonds is 5. The Morgan fingerprint density at radius 2 is 1.70 bits per heavy atom. The summed E-state index contributed by atoms with van der Waals surface area (Å²) in [5, 5.41) is 2.94. The molecule has 1 N–H and O–H groups in total. The van der Waals surface area contributed by atoms with Crippen LogP contribution in [0.1, 0.15) is 33.5 Å². The first-order chi connectivity index (χ1) is 15.8. The Balaban J connectivity index is 1.61. The molecule has 0 bridgehead atoms. The van der Waals surface area contributed by atoms with Gasteiger partial charge in [0.25, 0.3) is 5.91 Å². The van der Waals surface area contributed by atoms with Crippen LogP contribution in [-0.4, -0.2) is 29.9 Å². The Kier molecular flexibility index (Phi) is 6.40. The fourth-order valence-corrected chi connectivity index (χ4v) is 4.03. The van der Waals surface area contributed by atoms with Crippen molar-refractivity contribution >= 4 is 23.3 Å². The minimum Gasteiger partial charge on any atom is -0.320 e. The number of anilines is 2. The van der Waals surface area contributed by atoms with Crippen molar-refractivity contribution in [2.45, 2.75) is 26.8 Å². The van der Waals surface area contributed by atoms with Gasteiger partial charge in [-0.05, 0) is 61.7 Å². The van der Waals surface area contributed by atoms with E-state index in [0.29, 0.717) is 36.4 Å². The minimum absolute atomic E-state index is 0.135. The summed E-state index contributed by atoms with van der Waals surface area (Å²) in [4.78, 5) is 29.2. The van der Waals surface area contributed by atoms with E-state index in [0.717, 1.165) is 11.1 Å². The standard InChI is InChI=1S/C26H25F2N3O2/c1-17-11-12-24(23(15-17)29-25(32)19-8-4-3-7-18(19)2)31-14-6-13-30(26(31)33)16-20-21(27)9-5-10-22(20)28/h3-5,7-12,15H,6,13-14,16H2,1-2H3,(H,29,32). The molecule has 0 aromatic heterocycles. The molecule has 1 heterocycles. The molecule has 0 saturated carbocycles. The van der Waals surface area contributed by atoms with E-state index in [1.807, 2.05) is 38.1 Å². The summed E-state index contributed by atoms with van der Waals surface area (Å²) in [5.74, 6) is -1.63. The third kappa shape index (κ3) is 4.72. The lowest BCUT2D eigenvalue weighted by atomic mass is 10.1. The fraction of sp³-hybridized carbons (Fsp3) is 0.231. The van der Waals surface area contributed by atoms with Crippen molar-refractivity contribution in [2.24, 2.45) is 0 Å². The van der Waals surface area contributed by atoms with Crippen molar-refractivity contribution in [3.05, 3.63) is 94.6 Å². The van der Waals surface area contributed by atoms with Crippen molar-refractivity contribution in [3.63, 3.8) is 0 Å². The molecule has 4 rings (SSSR count). The first-order valence-corrected chi connectivity index (χ1v) is 10.8. The maximum Gasteiger partial charge on any atom is 0.324 e. The SMILES string of the molecule is Cc1ccc(N2CCCN(Cc3c(F)cccc3F)C2=O)c(NC(=O)c2ccccc2C)c1. The smallest absolute Gasteiger partial charge is 0.320 e. The molecule has 1 fully saturated rings. The topological polar surface area (TPSA) is 52.6 Å². The molecule has 0 spiro atoms. The zero-order valence-corrected chi connectivity index (χ0v) is 18.6. The molecule has 3 aromatic carbocycles. The highest BCUT2D eigenvalue weighted by molar-refractivity contribution is 6.08. The van der Waals surface area contributed by atoms with Crippen molar-refractivity contribution in [3.8, 4) is 0 Å². The van der Waals surface area contributed by atoms with E-state index >= 15 is 0 Å². The molecule has 33 heavy (non-hydrogen) atoms. The van der Waals surface area contributed by atoms with Crippen LogP contribution in [-0.2, 0) is 6.54 Å². The van der Waals surface area contributed by atoms with Gasteiger partial charge in [-0.2, -0.15) is 0 Å². The number of urea groups is 1. The molecule has 0 radical (unpaired) electrons. The molecule has 0 atom stereocenters. The van der Waals surface area contributed by atoms with Gasteiger partial charge in [0.1, 0.15) is 11.6 Å². The quantitative estimate of drug-likeness (QED) is 0.546. The third-order valence-corrected chi connectivity index (χ3v) is 5.80. The predicted molar refractivity (Wildman–Crippen MR) is 124 cm³/mol. The summed E-state index contributed by atoms with van der Waals surface area (Å²) in [6, 6.07) is 16.0. The lowest BCUT2D eigenvalue weighted by molar-refractivity contribution is 0.102. The number of hydrogen-bond acceptors (Lipinski definition) is 2. The number of amides is 3. The number of aryl methyl sites for hydroxylation is 2. The lowest BCUT2D eigenvalue weighted by Gasteiger charge is -2.36. The van der Waals surface area contributed by atoms with Crippen LogP contribution in [0.3, 0.4) is 0 Å². The van der Waals surface area contributed by atoms with Gasteiger partial charge >= 0.3 is 6.03 Å². The molecule has 1 saturated heterocycles. The number of carbonyl (C=O) groups excluding carboxylic acids is 2. The van der Waals surface area contributed by atoms with Gasteiger partial charge in [-0.15, -0.1) is 0 Å². The normalized spacial score (nSPS) is 13.9. The first-order valence-electron chi connectivity index (χ1n) is 10.8. The van der Waals surface area contributed by atoms with E-state index in [1.54, 1.807) is 23.1 Å². The van der Waals surface area contributed by atoms with E-state index < -0.39 is 11.6 Å². The van der Waals surface area contributed by atoms with Crippen molar-refractivity contribution in [2.75, 3.05) is 23.3 Å². The summed E-state index contributed by atoms with van der Waals surface area (Å²) >= 11 is 0. The second-order valence-corrected chi connectivity index (χ2v) is 8.20. The number of benzene rings is 3. The predicted octanol–water partition coefficient (Wildman–Crippen LogP) is 5.67. The van der Waals surface area contributed by atoms with Crippen molar-refractivity contribution in [1.29, 1.82) is 0 Å². The highest BCUT2D eigenvalue weighted by Gasteiger charge is 2.30. The van der Waals surface area contributed by atoms with Gasteiger partial charge in [-0.1, -0.05) is 30.3 Å². The van der Waals surface area contributed by atoms with Gasteiger partial charge < -0.3 is 10.2 Å². The molecule has 0 unspecified atom stereocenters. The number of carbonyl (C=O) groups is 2. The Morgan fingerprint density at radius 3 is 2.42 bits per heavy atom. The third-order valence-electron chi connectivity index (χ3n) is 5.80. The van der Waals surface area contributed by atoms with Gasteiger partial charge in [0.05, 0.1) is 17.9 Å². The summed E-state index contributed by atoms with van der Waals surface area (Å²) < 4.78 is 28.3. The molecule has 170 valence electrons.